The number of anilines is 2. The van der Waals surface area contributed by atoms with Crippen LogP contribution in [-0.2, 0) is 0 Å². The zero-order valence-corrected chi connectivity index (χ0v) is 13.9. The van der Waals surface area contributed by atoms with E-state index in [2.05, 4.69) is 15.3 Å². The molecule has 0 atom stereocenters. The van der Waals surface area contributed by atoms with E-state index in [1.165, 1.54) is 12.7 Å². The summed E-state index contributed by atoms with van der Waals surface area (Å²) in [4.78, 5) is 22.6. The molecule has 1 amide bonds. The van der Waals surface area contributed by atoms with Gasteiger partial charge in [0.2, 0.25) is 0 Å². The van der Waals surface area contributed by atoms with Crippen LogP contribution in [0, 0.1) is 0 Å². The molecule has 120 valence electrons. The molecule has 2 heterocycles. The van der Waals surface area contributed by atoms with Gasteiger partial charge in [0.25, 0.3) is 5.91 Å². The van der Waals surface area contributed by atoms with Crippen LogP contribution in [0.2, 0.25) is 10.0 Å². The van der Waals surface area contributed by atoms with Gasteiger partial charge in [-0.05, 0) is 31.4 Å². The van der Waals surface area contributed by atoms with Crippen molar-refractivity contribution in [3.8, 4) is 0 Å². The molecule has 1 N–H and O–H groups in total. The molecule has 1 fully saturated rings. The highest BCUT2D eigenvalue weighted by Crippen LogP contribution is 2.32. The molecule has 0 unspecified atom stereocenters. The number of nitrogens with zero attached hydrogens (tertiary/aromatic N) is 3. The maximum atomic E-state index is 12.5. The zero-order valence-electron chi connectivity index (χ0n) is 12.4. The van der Waals surface area contributed by atoms with Gasteiger partial charge in [-0.2, -0.15) is 0 Å². The lowest BCUT2D eigenvalue weighted by Crippen LogP contribution is -2.36. The first-order valence-electron chi connectivity index (χ1n) is 7.47. The molecule has 0 saturated carbocycles. The van der Waals surface area contributed by atoms with Gasteiger partial charge in [-0.15, -0.1) is 0 Å². The Hall–Kier alpha value is -1.85. The van der Waals surface area contributed by atoms with Crippen LogP contribution in [0.15, 0.2) is 30.6 Å². The number of nitrogens with one attached hydrogen (secondary N) is 1. The van der Waals surface area contributed by atoms with Crippen LogP contribution in [-0.4, -0.2) is 33.9 Å². The lowest BCUT2D eigenvalue weighted by molar-refractivity contribution is 0.0718. The summed E-state index contributed by atoms with van der Waals surface area (Å²) in [5.74, 6) is 0.413. The molecule has 0 spiro atoms. The largest absolute Gasteiger partial charge is 0.338 e. The smallest absolute Gasteiger partial charge is 0.272 e. The molecule has 3 rings (SSSR count). The van der Waals surface area contributed by atoms with Crippen molar-refractivity contribution < 1.29 is 4.79 Å². The molecule has 1 aromatic carbocycles. The van der Waals surface area contributed by atoms with Crippen LogP contribution >= 0.6 is 23.2 Å². The Balaban J connectivity index is 1.81. The lowest BCUT2D eigenvalue weighted by Gasteiger charge is -2.26. The minimum Gasteiger partial charge on any atom is -0.338 e. The van der Waals surface area contributed by atoms with Gasteiger partial charge in [0, 0.05) is 19.2 Å². The van der Waals surface area contributed by atoms with Crippen molar-refractivity contribution in [3.63, 3.8) is 0 Å². The minimum absolute atomic E-state index is 0.0691. The van der Waals surface area contributed by atoms with Gasteiger partial charge < -0.3 is 10.2 Å². The van der Waals surface area contributed by atoms with Crippen LogP contribution in [0.5, 0.6) is 0 Å². The summed E-state index contributed by atoms with van der Waals surface area (Å²) in [5, 5.41) is 4.03. The maximum absolute atomic E-state index is 12.5. The van der Waals surface area contributed by atoms with Gasteiger partial charge in [-0.3, -0.25) is 4.79 Å². The van der Waals surface area contributed by atoms with Crippen LogP contribution < -0.4 is 5.32 Å². The van der Waals surface area contributed by atoms with Crippen molar-refractivity contribution in [2.75, 3.05) is 18.4 Å². The van der Waals surface area contributed by atoms with Crippen LogP contribution in [0.4, 0.5) is 11.5 Å². The molecule has 1 aliphatic rings. The van der Waals surface area contributed by atoms with Gasteiger partial charge in [0.1, 0.15) is 17.8 Å². The molecule has 5 nitrogen and oxygen atoms in total. The molecule has 0 radical (unpaired) electrons. The zero-order chi connectivity index (χ0) is 16.2. The van der Waals surface area contributed by atoms with Crippen LogP contribution in [0.25, 0.3) is 0 Å². The number of likely N-dealkylation sites (tertiary alicyclic amines) is 1. The van der Waals surface area contributed by atoms with E-state index in [1.807, 2.05) is 4.90 Å². The van der Waals surface area contributed by atoms with Gasteiger partial charge in [0.05, 0.1) is 15.7 Å². The summed E-state index contributed by atoms with van der Waals surface area (Å²) in [6.07, 6.45) is 4.62. The average Bonchev–Trinajstić information content (AvgIpc) is 2.59. The van der Waals surface area contributed by atoms with Gasteiger partial charge in [-0.1, -0.05) is 29.3 Å². The Morgan fingerprint density at radius 1 is 1.09 bits per heavy atom. The predicted molar refractivity (Wildman–Crippen MR) is 91.5 cm³/mol. The number of amides is 1. The summed E-state index contributed by atoms with van der Waals surface area (Å²) < 4.78 is 0. The fourth-order valence-corrected chi connectivity index (χ4v) is 3.04. The number of hydrogen-bond acceptors (Lipinski definition) is 4. The number of benzene rings is 1. The van der Waals surface area contributed by atoms with Gasteiger partial charge >= 0.3 is 0 Å². The average molecular weight is 351 g/mol. The van der Waals surface area contributed by atoms with E-state index in [4.69, 9.17) is 23.2 Å². The Labute approximate surface area is 144 Å². The highest BCUT2D eigenvalue weighted by Gasteiger charge is 2.20. The van der Waals surface area contributed by atoms with E-state index >= 15 is 0 Å². The van der Waals surface area contributed by atoms with E-state index in [0.717, 1.165) is 25.9 Å². The first kappa shape index (κ1) is 16.0. The van der Waals surface area contributed by atoms with Crippen molar-refractivity contribution >= 4 is 40.6 Å². The van der Waals surface area contributed by atoms with Crippen molar-refractivity contribution in [2.45, 2.75) is 19.3 Å². The fraction of sp³-hybridized carbons (Fsp3) is 0.312. The fourth-order valence-electron chi connectivity index (χ4n) is 2.55. The Bertz CT molecular complexity index is 697. The Kier molecular flexibility index (Phi) is 4.98. The van der Waals surface area contributed by atoms with Gasteiger partial charge in [-0.25, -0.2) is 9.97 Å². The van der Waals surface area contributed by atoms with E-state index in [9.17, 15) is 4.79 Å². The van der Waals surface area contributed by atoms with E-state index in [-0.39, 0.29) is 5.91 Å². The molecule has 0 bridgehead atoms. The summed E-state index contributed by atoms with van der Waals surface area (Å²) in [6.45, 7) is 1.56. The monoisotopic (exact) mass is 350 g/mol. The van der Waals surface area contributed by atoms with Crippen molar-refractivity contribution in [3.05, 3.63) is 46.3 Å². The molecule has 1 aromatic heterocycles. The molecule has 23 heavy (non-hydrogen) atoms. The molecule has 7 heteroatoms. The van der Waals surface area contributed by atoms with Crippen LogP contribution in [0.3, 0.4) is 0 Å². The minimum atomic E-state index is -0.0691. The highest BCUT2D eigenvalue weighted by atomic mass is 35.5. The summed E-state index contributed by atoms with van der Waals surface area (Å²) in [7, 11) is 0. The molecule has 1 aliphatic heterocycles. The first-order chi connectivity index (χ1) is 11.1. The predicted octanol–water partition coefficient (Wildman–Crippen LogP) is 4.15. The van der Waals surface area contributed by atoms with Gasteiger partial charge in [0.15, 0.2) is 0 Å². The van der Waals surface area contributed by atoms with Crippen molar-refractivity contribution in [1.82, 2.24) is 14.9 Å². The summed E-state index contributed by atoms with van der Waals surface area (Å²) in [5.41, 5.74) is 0.929. The molecular formula is C16H16Cl2N4O. The van der Waals surface area contributed by atoms with E-state index in [0.29, 0.717) is 27.2 Å². The van der Waals surface area contributed by atoms with Crippen molar-refractivity contribution in [2.24, 2.45) is 0 Å². The number of piperidine rings is 1. The number of rotatable bonds is 3. The van der Waals surface area contributed by atoms with Crippen molar-refractivity contribution in [1.29, 1.82) is 0 Å². The third-order valence-corrected chi connectivity index (χ3v) is 4.38. The number of aromatic nitrogens is 2. The van der Waals surface area contributed by atoms with Crippen LogP contribution in [0.1, 0.15) is 29.8 Å². The molecule has 0 aliphatic carbocycles. The SMILES string of the molecule is O=C(c1cc(Nc2c(Cl)cccc2Cl)ncn1)N1CCCCC1. The number of hydrogen-bond donors (Lipinski definition) is 1. The second-order valence-electron chi connectivity index (χ2n) is 5.36. The first-order valence-corrected chi connectivity index (χ1v) is 8.23. The standard InChI is InChI=1S/C16H16Cl2N4O/c17-11-5-4-6-12(18)15(11)21-14-9-13(19-10-20-14)16(23)22-7-2-1-3-8-22/h4-6,9-10H,1-3,7-8H2,(H,19,20,21). The number of halogens is 2. The number of carbonyl (C=O) groups is 1. The summed E-state index contributed by atoms with van der Waals surface area (Å²) >= 11 is 12.3. The Morgan fingerprint density at radius 3 is 2.48 bits per heavy atom. The Morgan fingerprint density at radius 2 is 1.78 bits per heavy atom. The van der Waals surface area contributed by atoms with E-state index in [1.54, 1.807) is 24.3 Å². The number of carbonyl (C=O) groups excluding carboxylic acids is 1. The maximum Gasteiger partial charge on any atom is 0.272 e. The second-order valence-corrected chi connectivity index (χ2v) is 6.18. The molecule has 2 aromatic rings. The quantitative estimate of drug-likeness (QED) is 0.902. The number of para-hydroxylation sites is 1. The van der Waals surface area contributed by atoms with E-state index < -0.39 is 0 Å². The molecule has 1 saturated heterocycles. The third kappa shape index (κ3) is 3.74. The summed E-state index contributed by atoms with van der Waals surface area (Å²) in [6, 6.07) is 6.85. The highest BCUT2D eigenvalue weighted by molar-refractivity contribution is 6.39. The lowest BCUT2D eigenvalue weighted by atomic mass is 10.1. The normalized spacial score (nSPS) is 14.6. The topological polar surface area (TPSA) is 58.1 Å². The molecular weight excluding hydrogens is 335 g/mol. The third-order valence-electron chi connectivity index (χ3n) is 3.75. The second kappa shape index (κ2) is 7.15.